The first-order valence-corrected chi connectivity index (χ1v) is 8.74. The van der Waals surface area contributed by atoms with Crippen LogP contribution in [-0.2, 0) is 6.54 Å². The van der Waals surface area contributed by atoms with Crippen LogP contribution in [-0.4, -0.2) is 15.5 Å². The Morgan fingerprint density at radius 1 is 1.38 bits per heavy atom. The van der Waals surface area contributed by atoms with E-state index in [1.165, 1.54) is 0 Å². The Morgan fingerprint density at radius 3 is 2.83 bits per heavy atom. The Kier molecular flexibility index (Phi) is 4.49. The zero-order chi connectivity index (χ0) is 17.3. The third kappa shape index (κ3) is 2.97. The van der Waals surface area contributed by atoms with Gasteiger partial charge in [0.05, 0.1) is 17.1 Å². The van der Waals surface area contributed by atoms with E-state index in [9.17, 15) is 9.59 Å². The van der Waals surface area contributed by atoms with E-state index in [1.807, 2.05) is 31.4 Å². The number of rotatable bonds is 4. The van der Waals surface area contributed by atoms with Gasteiger partial charge in [0, 0.05) is 17.0 Å². The number of aryl methyl sites for hydroxylation is 2. The summed E-state index contributed by atoms with van der Waals surface area (Å²) in [5.74, 6) is -0.147. The molecule has 0 radical (unpaired) electrons. The topological polar surface area (TPSA) is 64.0 Å². The monoisotopic (exact) mass is 341 g/mol. The molecule has 0 fully saturated rings. The molecule has 1 N–H and O–H groups in total. The van der Waals surface area contributed by atoms with Gasteiger partial charge in [0.1, 0.15) is 5.69 Å². The van der Waals surface area contributed by atoms with E-state index in [1.54, 1.807) is 41.0 Å². The molecule has 0 aliphatic carbocycles. The van der Waals surface area contributed by atoms with Crippen LogP contribution in [0.5, 0.6) is 0 Å². The van der Waals surface area contributed by atoms with Gasteiger partial charge in [-0.3, -0.25) is 9.59 Å². The molecule has 24 heavy (non-hydrogen) atoms. The van der Waals surface area contributed by atoms with E-state index in [2.05, 4.69) is 10.3 Å². The predicted octanol–water partition coefficient (Wildman–Crippen LogP) is 3.28. The lowest BCUT2D eigenvalue weighted by atomic mass is 10.1. The van der Waals surface area contributed by atoms with Crippen molar-refractivity contribution in [3.63, 3.8) is 0 Å². The van der Waals surface area contributed by atoms with E-state index in [4.69, 9.17) is 0 Å². The standard InChI is InChI=1S/C18H19N3O2S/c1-4-21-15-8-7-13(10-14(15)19-12(3)18(21)23)17(22)20-11(2)16-6-5-9-24-16/h5-11H,4H2,1-3H3,(H,20,22)/t11-/m0/s1. The number of amides is 1. The average molecular weight is 341 g/mol. The fraction of sp³-hybridized carbons (Fsp3) is 0.278. The van der Waals surface area contributed by atoms with Gasteiger partial charge in [0.25, 0.3) is 11.5 Å². The van der Waals surface area contributed by atoms with E-state index in [0.717, 1.165) is 10.4 Å². The van der Waals surface area contributed by atoms with Crippen LogP contribution in [0.3, 0.4) is 0 Å². The van der Waals surface area contributed by atoms with Gasteiger partial charge in [-0.25, -0.2) is 4.98 Å². The minimum Gasteiger partial charge on any atom is -0.345 e. The second-order valence-corrected chi connectivity index (χ2v) is 6.64. The maximum Gasteiger partial charge on any atom is 0.272 e. The predicted molar refractivity (Wildman–Crippen MR) is 96.6 cm³/mol. The second-order valence-electron chi connectivity index (χ2n) is 5.66. The van der Waals surface area contributed by atoms with Gasteiger partial charge in [-0.05, 0) is 50.4 Å². The summed E-state index contributed by atoms with van der Waals surface area (Å²) in [6, 6.07) is 9.19. The summed E-state index contributed by atoms with van der Waals surface area (Å²) in [5.41, 5.74) is 2.29. The molecule has 1 amide bonds. The van der Waals surface area contributed by atoms with E-state index in [-0.39, 0.29) is 17.5 Å². The summed E-state index contributed by atoms with van der Waals surface area (Å²) >= 11 is 1.61. The summed E-state index contributed by atoms with van der Waals surface area (Å²) in [6.45, 7) is 6.14. The van der Waals surface area contributed by atoms with Crippen molar-refractivity contribution < 1.29 is 4.79 Å². The summed E-state index contributed by atoms with van der Waals surface area (Å²) < 4.78 is 1.67. The Hall–Kier alpha value is -2.47. The fourth-order valence-electron chi connectivity index (χ4n) is 2.72. The maximum absolute atomic E-state index is 12.5. The van der Waals surface area contributed by atoms with E-state index in [0.29, 0.717) is 23.3 Å². The number of fused-ring (bicyclic) bond motifs is 1. The van der Waals surface area contributed by atoms with Crippen molar-refractivity contribution >= 4 is 28.3 Å². The zero-order valence-corrected chi connectivity index (χ0v) is 14.7. The molecule has 0 saturated carbocycles. The number of hydrogen-bond donors (Lipinski definition) is 1. The van der Waals surface area contributed by atoms with Crippen molar-refractivity contribution in [3.8, 4) is 0 Å². The second kappa shape index (κ2) is 6.57. The van der Waals surface area contributed by atoms with Gasteiger partial charge < -0.3 is 9.88 Å². The molecule has 0 unspecified atom stereocenters. The molecule has 1 aromatic carbocycles. The molecule has 2 heterocycles. The highest BCUT2D eigenvalue weighted by Crippen LogP contribution is 2.19. The van der Waals surface area contributed by atoms with Crippen molar-refractivity contribution in [2.24, 2.45) is 0 Å². The van der Waals surface area contributed by atoms with Gasteiger partial charge in [-0.2, -0.15) is 0 Å². The lowest BCUT2D eigenvalue weighted by Gasteiger charge is -2.13. The van der Waals surface area contributed by atoms with E-state index < -0.39 is 0 Å². The fourth-order valence-corrected chi connectivity index (χ4v) is 3.45. The van der Waals surface area contributed by atoms with Gasteiger partial charge >= 0.3 is 0 Å². The first kappa shape index (κ1) is 16.4. The Morgan fingerprint density at radius 2 is 2.17 bits per heavy atom. The SMILES string of the molecule is CCn1c(=O)c(C)nc2cc(C(=O)N[C@@H](C)c3cccs3)ccc21. The van der Waals surface area contributed by atoms with Crippen molar-refractivity contribution in [2.45, 2.75) is 33.4 Å². The summed E-state index contributed by atoms with van der Waals surface area (Å²) in [6.07, 6.45) is 0. The van der Waals surface area contributed by atoms with Crippen LogP contribution in [0.15, 0.2) is 40.5 Å². The normalized spacial score (nSPS) is 12.3. The third-order valence-electron chi connectivity index (χ3n) is 4.01. The molecule has 5 nitrogen and oxygen atoms in total. The summed E-state index contributed by atoms with van der Waals surface area (Å²) in [7, 11) is 0. The first-order chi connectivity index (χ1) is 11.5. The number of aromatic nitrogens is 2. The molecule has 6 heteroatoms. The Labute approximate surface area is 144 Å². The van der Waals surface area contributed by atoms with E-state index >= 15 is 0 Å². The van der Waals surface area contributed by atoms with Crippen LogP contribution in [0.25, 0.3) is 11.0 Å². The van der Waals surface area contributed by atoms with Crippen LogP contribution < -0.4 is 10.9 Å². The minimum atomic E-state index is -0.147. The lowest BCUT2D eigenvalue weighted by Crippen LogP contribution is -2.27. The van der Waals surface area contributed by atoms with Crippen LogP contribution >= 0.6 is 11.3 Å². The number of hydrogen-bond acceptors (Lipinski definition) is 4. The number of benzene rings is 1. The number of nitrogens with one attached hydrogen (secondary N) is 1. The van der Waals surface area contributed by atoms with Crippen LogP contribution in [0.2, 0.25) is 0 Å². The molecule has 124 valence electrons. The zero-order valence-electron chi connectivity index (χ0n) is 13.9. The van der Waals surface area contributed by atoms with Crippen molar-refractivity contribution in [3.05, 3.63) is 62.2 Å². The lowest BCUT2D eigenvalue weighted by molar-refractivity contribution is 0.0940. The van der Waals surface area contributed by atoms with Crippen molar-refractivity contribution in [2.75, 3.05) is 0 Å². The summed E-state index contributed by atoms with van der Waals surface area (Å²) in [5, 5.41) is 4.98. The molecule has 2 aromatic heterocycles. The van der Waals surface area contributed by atoms with Gasteiger partial charge in [0.2, 0.25) is 0 Å². The van der Waals surface area contributed by atoms with Crippen LogP contribution in [0.4, 0.5) is 0 Å². The Balaban J connectivity index is 1.94. The van der Waals surface area contributed by atoms with Gasteiger partial charge in [-0.15, -0.1) is 11.3 Å². The highest BCUT2D eigenvalue weighted by atomic mass is 32.1. The third-order valence-corrected chi connectivity index (χ3v) is 5.06. The highest BCUT2D eigenvalue weighted by molar-refractivity contribution is 7.10. The molecule has 3 aromatic rings. The number of nitrogens with zero attached hydrogens (tertiary/aromatic N) is 2. The van der Waals surface area contributed by atoms with Crippen LogP contribution in [0.1, 0.15) is 40.8 Å². The highest BCUT2D eigenvalue weighted by Gasteiger charge is 2.14. The molecule has 0 aliphatic rings. The maximum atomic E-state index is 12.5. The quantitative estimate of drug-likeness (QED) is 0.792. The molecule has 0 aliphatic heterocycles. The molecule has 1 atom stereocenters. The Bertz CT molecular complexity index is 945. The smallest absolute Gasteiger partial charge is 0.272 e. The summed E-state index contributed by atoms with van der Waals surface area (Å²) in [4.78, 5) is 30.1. The van der Waals surface area contributed by atoms with Gasteiger partial charge in [-0.1, -0.05) is 6.07 Å². The molecule has 0 saturated heterocycles. The first-order valence-electron chi connectivity index (χ1n) is 7.86. The molecule has 0 bridgehead atoms. The van der Waals surface area contributed by atoms with Crippen molar-refractivity contribution in [1.82, 2.24) is 14.9 Å². The number of carbonyl (C=O) groups is 1. The molecule has 0 spiro atoms. The van der Waals surface area contributed by atoms with Crippen molar-refractivity contribution in [1.29, 1.82) is 0 Å². The molecular formula is C18H19N3O2S. The van der Waals surface area contributed by atoms with Crippen LogP contribution in [0, 0.1) is 6.92 Å². The number of carbonyl (C=O) groups excluding carboxylic acids is 1. The molecular weight excluding hydrogens is 322 g/mol. The minimum absolute atomic E-state index is 0.0486. The average Bonchev–Trinajstić information content (AvgIpc) is 3.10. The molecule has 3 rings (SSSR count). The largest absolute Gasteiger partial charge is 0.345 e. The van der Waals surface area contributed by atoms with Gasteiger partial charge in [0.15, 0.2) is 0 Å². The number of thiophene rings is 1.